The zero-order chi connectivity index (χ0) is 12.3. The van der Waals surface area contributed by atoms with Crippen molar-refractivity contribution in [2.45, 2.75) is 6.92 Å². The van der Waals surface area contributed by atoms with Gasteiger partial charge >= 0.3 is 0 Å². The molecule has 2 aromatic rings. The summed E-state index contributed by atoms with van der Waals surface area (Å²) >= 11 is 0. The molecule has 4 heteroatoms. The maximum atomic E-state index is 10.7. The van der Waals surface area contributed by atoms with Crippen molar-refractivity contribution in [2.75, 3.05) is 7.11 Å². The van der Waals surface area contributed by atoms with Crippen LogP contribution in [0.4, 0.5) is 0 Å². The van der Waals surface area contributed by atoms with Crippen LogP contribution in [0.5, 0.6) is 5.75 Å². The van der Waals surface area contributed by atoms with Crippen LogP contribution in [0.3, 0.4) is 0 Å². The highest BCUT2D eigenvalue weighted by Gasteiger charge is 2.04. The van der Waals surface area contributed by atoms with E-state index in [4.69, 9.17) is 4.74 Å². The Kier molecular flexibility index (Phi) is 3.14. The molecule has 0 amide bonds. The van der Waals surface area contributed by atoms with Gasteiger partial charge in [0.2, 0.25) is 0 Å². The molecule has 0 radical (unpaired) electrons. The normalized spacial score (nSPS) is 10.0. The van der Waals surface area contributed by atoms with Crippen molar-refractivity contribution < 1.29 is 9.53 Å². The molecular formula is C13H12N2O2. The first kappa shape index (κ1) is 11.3. The van der Waals surface area contributed by atoms with Crippen molar-refractivity contribution in [3.63, 3.8) is 0 Å². The first-order chi connectivity index (χ1) is 8.24. The largest absolute Gasteiger partial charge is 0.497 e. The second-order valence-electron chi connectivity index (χ2n) is 3.58. The molecule has 0 aliphatic heterocycles. The van der Waals surface area contributed by atoms with Crippen LogP contribution in [-0.4, -0.2) is 23.4 Å². The maximum absolute atomic E-state index is 10.7. The highest BCUT2D eigenvalue weighted by Crippen LogP contribution is 2.19. The lowest BCUT2D eigenvalue weighted by Gasteiger charge is -2.04. The lowest BCUT2D eigenvalue weighted by Crippen LogP contribution is -1.96. The Morgan fingerprint density at radius 3 is 2.47 bits per heavy atom. The predicted octanol–water partition coefficient (Wildman–Crippen LogP) is 2.27. The predicted molar refractivity (Wildman–Crippen MR) is 64.1 cm³/mol. The Bertz CT molecular complexity index is 536. The van der Waals surface area contributed by atoms with E-state index in [0.717, 1.165) is 17.6 Å². The first-order valence-electron chi connectivity index (χ1n) is 5.18. The fourth-order valence-electron chi connectivity index (χ4n) is 1.47. The lowest BCUT2D eigenvalue weighted by molar-refractivity contribution is 0.112. The van der Waals surface area contributed by atoms with Gasteiger partial charge < -0.3 is 4.74 Å². The van der Waals surface area contributed by atoms with Crippen LogP contribution in [0.25, 0.3) is 11.4 Å². The second kappa shape index (κ2) is 4.74. The number of carbonyl (C=O) groups is 1. The van der Waals surface area contributed by atoms with Crippen molar-refractivity contribution in [1.82, 2.24) is 9.97 Å². The third-order valence-electron chi connectivity index (χ3n) is 2.49. The fourth-order valence-corrected chi connectivity index (χ4v) is 1.47. The smallest absolute Gasteiger partial charge is 0.159 e. The lowest BCUT2D eigenvalue weighted by atomic mass is 10.2. The van der Waals surface area contributed by atoms with Gasteiger partial charge in [0.15, 0.2) is 12.1 Å². The standard InChI is InChI=1S/C13H12N2O2/c1-9-11(8-16)7-14-13(15-9)10-3-5-12(17-2)6-4-10/h3-8H,1-2H3. The highest BCUT2D eigenvalue weighted by molar-refractivity contribution is 5.76. The molecule has 17 heavy (non-hydrogen) atoms. The third-order valence-corrected chi connectivity index (χ3v) is 2.49. The minimum atomic E-state index is 0.516. The molecule has 0 saturated heterocycles. The Hall–Kier alpha value is -2.23. The average molecular weight is 228 g/mol. The van der Waals surface area contributed by atoms with Gasteiger partial charge in [0, 0.05) is 11.8 Å². The monoisotopic (exact) mass is 228 g/mol. The van der Waals surface area contributed by atoms with Crippen LogP contribution < -0.4 is 4.74 Å². The highest BCUT2D eigenvalue weighted by atomic mass is 16.5. The van der Waals surface area contributed by atoms with Gasteiger partial charge in [-0.25, -0.2) is 9.97 Å². The number of aldehydes is 1. The van der Waals surface area contributed by atoms with Gasteiger partial charge in [-0.3, -0.25) is 4.79 Å². The summed E-state index contributed by atoms with van der Waals surface area (Å²) in [4.78, 5) is 19.1. The average Bonchev–Trinajstić information content (AvgIpc) is 2.39. The third kappa shape index (κ3) is 2.30. The van der Waals surface area contributed by atoms with Gasteiger partial charge in [-0.05, 0) is 31.2 Å². The number of hydrogen-bond donors (Lipinski definition) is 0. The second-order valence-corrected chi connectivity index (χ2v) is 3.58. The number of rotatable bonds is 3. The number of aryl methyl sites for hydroxylation is 1. The minimum Gasteiger partial charge on any atom is -0.497 e. The van der Waals surface area contributed by atoms with Crippen LogP contribution >= 0.6 is 0 Å². The van der Waals surface area contributed by atoms with E-state index >= 15 is 0 Å². The maximum Gasteiger partial charge on any atom is 0.159 e. The molecule has 0 unspecified atom stereocenters. The zero-order valence-corrected chi connectivity index (χ0v) is 9.68. The molecule has 0 aliphatic carbocycles. The van der Waals surface area contributed by atoms with Crippen LogP contribution in [-0.2, 0) is 0 Å². The van der Waals surface area contributed by atoms with Crippen molar-refractivity contribution in [2.24, 2.45) is 0 Å². The molecule has 0 N–H and O–H groups in total. The molecular weight excluding hydrogens is 216 g/mol. The molecule has 0 atom stereocenters. The van der Waals surface area contributed by atoms with Gasteiger partial charge in [0.25, 0.3) is 0 Å². The van der Waals surface area contributed by atoms with E-state index in [1.807, 2.05) is 24.3 Å². The minimum absolute atomic E-state index is 0.516. The van der Waals surface area contributed by atoms with E-state index in [-0.39, 0.29) is 0 Å². The van der Waals surface area contributed by atoms with Crippen molar-refractivity contribution in [1.29, 1.82) is 0 Å². The van der Waals surface area contributed by atoms with Crippen LogP contribution in [0, 0.1) is 6.92 Å². The van der Waals surface area contributed by atoms with Crippen molar-refractivity contribution in [3.05, 3.63) is 41.7 Å². The Morgan fingerprint density at radius 2 is 1.94 bits per heavy atom. The number of benzene rings is 1. The van der Waals surface area contributed by atoms with E-state index in [1.165, 1.54) is 6.20 Å². The van der Waals surface area contributed by atoms with E-state index in [2.05, 4.69) is 9.97 Å². The van der Waals surface area contributed by atoms with E-state index < -0.39 is 0 Å². The van der Waals surface area contributed by atoms with Gasteiger partial charge in [0.05, 0.1) is 18.4 Å². The van der Waals surface area contributed by atoms with Crippen LogP contribution in [0.1, 0.15) is 16.1 Å². The Labute approximate surface area is 99.3 Å². The summed E-state index contributed by atoms with van der Waals surface area (Å²) < 4.78 is 5.08. The molecule has 0 bridgehead atoms. The van der Waals surface area contributed by atoms with E-state index in [1.54, 1.807) is 14.0 Å². The Morgan fingerprint density at radius 1 is 1.24 bits per heavy atom. The zero-order valence-electron chi connectivity index (χ0n) is 9.68. The first-order valence-corrected chi connectivity index (χ1v) is 5.18. The summed E-state index contributed by atoms with van der Waals surface area (Å²) in [5.74, 6) is 1.39. The fraction of sp³-hybridized carbons (Fsp3) is 0.154. The van der Waals surface area contributed by atoms with Gasteiger partial charge in [-0.15, -0.1) is 0 Å². The van der Waals surface area contributed by atoms with Crippen molar-refractivity contribution >= 4 is 6.29 Å². The van der Waals surface area contributed by atoms with Gasteiger partial charge in [0.1, 0.15) is 5.75 Å². The number of nitrogens with zero attached hydrogens (tertiary/aromatic N) is 2. The SMILES string of the molecule is COc1ccc(-c2ncc(C=O)c(C)n2)cc1. The molecule has 0 fully saturated rings. The summed E-state index contributed by atoms with van der Waals surface area (Å²) in [5, 5.41) is 0. The summed E-state index contributed by atoms with van der Waals surface area (Å²) in [5.41, 5.74) is 2.09. The van der Waals surface area contributed by atoms with E-state index in [0.29, 0.717) is 17.1 Å². The topological polar surface area (TPSA) is 52.1 Å². The van der Waals surface area contributed by atoms with Gasteiger partial charge in [-0.2, -0.15) is 0 Å². The van der Waals surface area contributed by atoms with Crippen LogP contribution in [0.2, 0.25) is 0 Å². The summed E-state index contributed by atoms with van der Waals surface area (Å²) in [7, 11) is 1.62. The molecule has 1 heterocycles. The summed E-state index contributed by atoms with van der Waals surface area (Å²) in [6.45, 7) is 1.79. The molecule has 2 rings (SSSR count). The number of hydrogen-bond acceptors (Lipinski definition) is 4. The number of aromatic nitrogens is 2. The molecule has 0 saturated carbocycles. The molecule has 1 aromatic heterocycles. The van der Waals surface area contributed by atoms with Crippen LogP contribution in [0.15, 0.2) is 30.5 Å². The quantitative estimate of drug-likeness (QED) is 0.756. The number of methoxy groups -OCH3 is 1. The molecule has 0 spiro atoms. The summed E-state index contributed by atoms with van der Waals surface area (Å²) in [6.07, 6.45) is 2.29. The number of ether oxygens (including phenoxy) is 1. The number of carbonyl (C=O) groups excluding carboxylic acids is 1. The molecule has 4 nitrogen and oxygen atoms in total. The molecule has 0 aliphatic rings. The molecule has 1 aromatic carbocycles. The Balaban J connectivity index is 2.38. The molecule has 86 valence electrons. The van der Waals surface area contributed by atoms with Gasteiger partial charge in [-0.1, -0.05) is 0 Å². The van der Waals surface area contributed by atoms with Crippen molar-refractivity contribution in [3.8, 4) is 17.1 Å². The van der Waals surface area contributed by atoms with E-state index in [9.17, 15) is 4.79 Å². The summed E-state index contributed by atoms with van der Waals surface area (Å²) in [6, 6.07) is 7.46.